The van der Waals surface area contributed by atoms with Crippen molar-refractivity contribution < 1.29 is 9.84 Å². The highest BCUT2D eigenvalue weighted by Crippen LogP contribution is 2.21. The number of nitrogens with zero attached hydrogens (tertiary/aromatic N) is 7. The number of aliphatic hydroxyl groups excluding tert-OH is 1. The maximum Gasteiger partial charge on any atom is 0.184 e. The number of β-amino-alcohol motifs (C(OH)–C–C–N with tert-alkyl or cyclic N) is 1. The Morgan fingerprint density at radius 3 is 2.69 bits per heavy atom. The topological polar surface area (TPSA) is 128 Å². The van der Waals surface area contributed by atoms with E-state index in [2.05, 4.69) is 30.2 Å². The van der Waals surface area contributed by atoms with Gasteiger partial charge in [-0.05, 0) is 12.1 Å². The van der Waals surface area contributed by atoms with Gasteiger partial charge in [-0.2, -0.15) is 0 Å². The minimum atomic E-state index is -0.599. The Labute approximate surface area is 149 Å². The number of hydrogen-bond donors (Lipinski definition) is 2. The summed E-state index contributed by atoms with van der Waals surface area (Å²) >= 11 is 0. The molecule has 1 fully saturated rings. The molecule has 1 aliphatic rings. The smallest absolute Gasteiger partial charge is 0.184 e. The van der Waals surface area contributed by atoms with E-state index in [1.54, 1.807) is 17.1 Å². The third-order valence-corrected chi connectivity index (χ3v) is 4.28. The van der Waals surface area contributed by atoms with E-state index in [9.17, 15) is 5.11 Å². The van der Waals surface area contributed by atoms with Crippen molar-refractivity contribution in [2.24, 2.45) is 0 Å². The highest BCUT2D eigenvalue weighted by Gasteiger charge is 2.19. The van der Waals surface area contributed by atoms with Crippen LogP contribution < -0.4 is 5.73 Å². The monoisotopic (exact) mass is 356 g/mol. The molecule has 4 rings (SSSR count). The molecule has 3 aromatic rings. The van der Waals surface area contributed by atoms with Crippen LogP contribution in [0.2, 0.25) is 0 Å². The van der Waals surface area contributed by atoms with Crippen LogP contribution in [0.25, 0.3) is 22.6 Å². The summed E-state index contributed by atoms with van der Waals surface area (Å²) in [5.74, 6) is 0.736. The average molecular weight is 356 g/mol. The van der Waals surface area contributed by atoms with Crippen LogP contribution in [-0.2, 0) is 11.3 Å². The molecule has 0 spiro atoms. The highest BCUT2D eigenvalue weighted by molar-refractivity contribution is 5.82. The number of morpholine rings is 1. The normalized spacial score (nSPS) is 16.8. The van der Waals surface area contributed by atoms with Gasteiger partial charge in [0, 0.05) is 37.6 Å². The van der Waals surface area contributed by atoms with Crippen molar-refractivity contribution in [2.75, 3.05) is 38.6 Å². The van der Waals surface area contributed by atoms with E-state index in [1.165, 1.54) is 0 Å². The van der Waals surface area contributed by atoms with Gasteiger partial charge in [0.05, 0.1) is 25.9 Å². The molecule has 0 radical (unpaired) electrons. The lowest BCUT2D eigenvalue weighted by Gasteiger charge is -2.28. The molecule has 1 unspecified atom stereocenters. The standard InChI is InChI=1S/C16H20N8O2/c17-14-13-16(20-15(19-14)11-1-3-18-4-2-11)24(22-21-13)10-12(25)9-23-5-7-26-8-6-23/h1-4,12,25H,5-10H2,(H2,17,19,20). The van der Waals surface area contributed by atoms with Crippen LogP contribution in [0.5, 0.6) is 0 Å². The molecular weight excluding hydrogens is 336 g/mol. The molecule has 3 N–H and O–H groups in total. The number of aliphatic hydroxyl groups is 1. The fourth-order valence-corrected chi connectivity index (χ4v) is 2.97. The second-order valence-electron chi connectivity index (χ2n) is 6.18. The van der Waals surface area contributed by atoms with Gasteiger partial charge >= 0.3 is 0 Å². The first kappa shape index (κ1) is 16.8. The molecule has 136 valence electrons. The summed E-state index contributed by atoms with van der Waals surface area (Å²) < 4.78 is 6.90. The summed E-state index contributed by atoms with van der Waals surface area (Å²) in [5, 5.41) is 18.6. The predicted molar refractivity (Wildman–Crippen MR) is 94.0 cm³/mol. The Morgan fingerprint density at radius 1 is 1.15 bits per heavy atom. The van der Waals surface area contributed by atoms with Crippen LogP contribution in [0.4, 0.5) is 5.82 Å². The van der Waals surface area contributed by atoms with E-state index in [-0.39, 0.29) is 12.4 Å². The third kappa shape index (κ3) is 3.47. The van der Waals surface area contributed by atoms with Crippen LogP contribution in [0.3, 0.4) is 0 Å². The lowest BCUT2D eigenvalue weighted by molar-refractivity contribution is 0.0109. The molecule has 0 aliphatic carbocycles. The average Bonchev–Trinajstić information content (AvgIpc) is 3.06. The van der Waals surface area contributed by atoms with Crippen molar-refractivity contribution in [2.45, 2.75) is 12.6 Å². The van der Waals surface area contributed by atoms with Crippen LogP contribution in [0.1, 0.15) is 0 Å². The summed E-state index contributed by atoms with van der Waals surface area (Å²) in [4.78, 5) is 15.0. The molecule has 1 aliphatic heterocycles. The van der Waals surface area contributed by atoms with Gasteiger partial charge in [0.1, 0.15) is 0 Å². The number of pyridine rings is 1. The Hall–Kier alpha value is -2.69. The molecule has 3 aromatic heterocycles. The number of ether oxygens (including phenoxy) is 1. The molecule has 4 heterocycles. The van der Waals surface area contributed by atoms with Crippen molar-refractivity contribution >= 4 is 17.0 Å². The molecule has 1 saturated heterocycles. The van der Waals surface area contributed by atoms with Gasteiger partial charge in [-0.3, -0.25) is 9.88 Å². The molecule has 26 heavy (non-hydrogen) atoms. The molecule has 1 atom stereocenters. The SMILES string of the molecule is Nc1nc(-c2ccncc2)nc2c1nnn2CC(O)CN1CCOCC1. The Balaban J connectivity index is 1.58. The van der Waals surface area contributed by atoms with E-state index in [0.717, 1.165) is 18.7 Å². The lowest BCUT2D eigenvalue weighted by Crippen LogP contribution is -2.42. The summed E-state index contributed by atoms with van der Waals surface area (Å²) in [7, 11) is 0. The largest absolute Gasteiger partial charge is 0.390 e. The van der Waals surface area contributed by atoms with Gasteiger partial charge < -0.3 is 15.6 Å². The van der Waals surface area contributed by atoms with Gasteiger partial charge in [-0.1, -0.05) is 5.21 Å². The van der Waals surface area contributed by atoms with Crippen molar-refractivity contribution in [1.29, 1.82) is 0 Å². The van der Waals surface area contributed by atoms with E-state index >= 15 is 0 Å². The fraction of sp³-hybridized carbons (Fsp3) is 0.438. The maximum atomic E-state index is 10.4. The second kappa shape index (κ2) is 7.28. The van der Waals surface area contributed by atoms with E-state index in [0.29, 0.717) is 36.7 Å². The molecule has 0 amide bonds. The quantitative estimate of drug-likeness (QED) is 0.625. The van der Waals surface area contributed by atoms with Gasteiger partial charge in [0.15, 0.2) is 22.8 Å². The number of aromatic nitrogens is 6. The first-order valence-corrected chi connectivity index (χ1v) is 8.46. The van der Waals surface area contributed by atoms with Crippen LogP contribution in [0.15, 0.2) is 24.5 Å². The summed E-state index contributed by atoms with van der Waals surface area (Å²) in [6.07, 6.45) is 2.74. The van der Waals surface area contributed by atoms with E-state index in [1.807, 2.05) is 12.1 Å². The summed E-state index contributed by atoms with van der Waals surface area (Å²) in [5.41, 5.74) is 7.76. The summed E-state index contributed by atoms with van der Waals surface area (Å²) in [6, 6.07) is 3.62. The Kier molecular flexibility index (Phi) is 4.69. The molecule has 0 saturated carbocycles. The maximum absolute atomic E-state index is 10.4. The Morgan fingerprint density at radius 2 is 1.92 bits per heavy atom. The molecule has 0 aromatic carbocycles. The van der Waals surface area contributed by atoms with Crippen LogP contribution >= 0.6 is 0 Å². The predicted octanol–water partition coefficient (Wildman–Crippen LogP) is -0.441. The van der Waals surface area contributed by atoms with Gasteiger partial charge in [-0.25, -0.2) is 14.6 Å². The molecule has 10 nitrogen and oxygen atoms in total. The summed E-state index contributed by atoms with van der Waals surface area (Å²) in [6.45, 7) is 3.84. The number of hydrogen-bond acceptors (Lipinski definition) is 9. The van der Waals surface area contributed by atoms with Crippen molar-refractivity contribution in [3.05, 3.63) is 24.5 Å². The van der Waals surface area contributed by atoms with Crippen molar-refractivity contribution in [3.63, 3.8) is 0 Å². The second-order valence-corrected chi connectivity index (χ2v) is 6.18. The number of nitrogens with two attached hydrogens (primary N) is 1. The van der Waals surface area contributed by atoms with Crippen LogP contribution in [-0.4, -0.2) is 78.9 Å². The zero-order chi connectivity index (χ0) is 17.9. The van der Waals surface area contributed by atoms with Gasteiger partial charge in [-0.15, -0.1) is 5.10 Å². The molecular formula is C16H20N8O2. The zero-order valence-electron chi connectivity index (χ0n) is 14.2. The molecule has 0 bridgehead atoms. The highest BCUT2D eigenvalue weighted by atomic mass is 16.5. The molecule has 10 heteroatoms. The lowest BCUT2D eigenvalue weighted by atomic mass is 10.2. The van der Waals surface area contributed by atoms with Crippen LogP contribution in [0, 0.1) is 0 Å². The zero-order valence-corrected chi connectivity index (χ0v) is 14.2. The third-order valence-electron chi connectivity index (χ3n) is 4.28. The number of nitrogen functional groups attached to an aromatic ring is 1. The first-order chi connectivity index (χ1) is 12.7. The number of fused-ring (bicyclic) bond motifs is 1. The fourth-order valence-electron chi connectivity index (χ4n) is 2.97. The Bertz CT molecular complexity index is 879. The van der Waals surface area contributed by atoms with Crippen molar-refractivity contribution in [1.82, 2.24) is 34.8 Å². The number of rotatable bonds is 5. The number of anilines is 1. The van der Waals surface area contributed by atoms with Crippen molar-refractivity contribution in [3.8, 4) is 11.4 Å². The minimum absolute atomic E-state index is 0.260. The first-order valence-electron chi connectivity index (χ1n) is 8.46. The minimum Gasteiger partial charge on any atom is -0.390 e. The van der Waals surface area contributed by atoms with E-state index in [4.69, 9.17) is 10.5 Å². The van der Waals surface area contributed by atoms with E-state index < -0.39 is 6.10 Å². The van der Waals surface area contributed by atoms with Gasteiger partial charge in [0.2, 0.25) is 0 Å². The van der Waals surface area contributed by atoms with Gasteiger partial charge in [0.25, 0.3) is 0 Å².